The van der Waals surface area contributed by atoms with Crippen LogP contribution in [0.4, 0.5) is 0 Å². The molecule has 0 saturated heterocycles. The van der Waals surface area contributed by atoms with Crippen molar-refractivity contribution in [3.63, 3.8) is 0 Å². The molecule has 0 aromatic carbocycles. The van der Waals surface area contributed by atoms with E-state index in [1.54, 1.807) is 13.2 Å². The van der Waals surface area contributed by atoms with Crippen molar-refractivity contribution in [3.05, 3.63) is 47.0 Å². The minimum atomic E-state index is -0.655. The van der Waals surface area contributed by atoms with Gasteiger partial charge in [0.25, 0.3) is 0 Å². The minimum absolute atomic E-state index is 0.00301. The summed E-state index contributed by atoms with van der Waals surface area (Å²) in [6.07, 6.45) is 4.27. The average molecular weight is 316 g/mol. The van der Waals surface area contributed by atoms with E-state index >= 15 is 0 Å². The zero-order valence-corrected chi connectivity index (χ0v) is 14.2. The van der Waals surface area contributed by atoms with Gasteiger partial charge in [-0.15, -0.1) is 0 Å². The molecule has 0 spiro atoms. The fraction of sp³-hybridized carbons (Fsp3) is 0.526. The minimum Gasteiger partial charge on any atom is -0.468 e. The number of hydrogen-bond donors (Lipinski definition) is 1. The third kappa shape index (κ3) is 2.27. The van der Waals surface area contributed by atoms with Gasteiger partial charge in [-0.25, -0.2) is 4.79 Å². The summed E-state index contributed by atoms with van der Waals surface area (Å²) in [7, 11) is 0. The summed E-state index contributed by atoms with van der Waals surface area (Å²) in [4.78, 5) is 11.9. The number of fused-ring (bicyclic) bond motifs is 2. The lowest BCUT2D eigenvalue weighted by molar-refractivity contribution is -0.152. The maximum absolute atomic E-state index is 11.9. The Hall–Kier alpha value is -1.81. The first-order chi connectivity index (χ1) is 10.8. The van der Waals surface area contributed by atoms with Crippen LogP contribution >= 0.6 is 0 Å². The van der Waals surface area contributed by atoms with E-state index in [2.05, 4.69) is 19.6 Å². The molecule has 4 heteroatoms. The second kappa shape index (κ2) is 5.38. The van der Waals surface area contributed by atoms with Crippen LogP contribution in [0.2, 0.25) is 0 Å². The number of esters is 1. The topological polar surface area (TPSA) is 59.7 Å². The van der Waals surface area contributed by atoms with Crippen LogP contribution in [0.3, 0.4) is 0 Å². The molecule has 0 unspecified atom stereocenters. The number of ether oxygens (including phenoxy) is 1. The molecule has 124 valence electrons. The van der Waals surface area contributed by atoms with Crippen LogP contribution in [0.15, 0.2) is 34.5 Å². The lowest BCUT2D eigenvalue weighted by Crippen LogP contribution is -2.47. The van der Waals surface area contributed by atoms with E-state index in [1.807, 2.05) is 13.8 Å². The molecule has 4 nitrogen and oxygen atoms in total. The van der Waals surface area contributed by atoms with Gasteiger partial charge in [-0.3, -0.25) is 0 Å². The Morgan fingerprint density at radius 1 is 1.52 bits per heavy atom. The number of furan rings is 1. The van der Waals surface area contributed by atoms with Crippen LogP contribution in [0.5, 0.6) is 0 Å². The van der Waals surface area contributed by atoms with Gasteiger partial charge in [0.2, 0.25) is 0 Å². The Kier molecular flexibility index (Phi) is 3.75. The Morgan fingerprint density at radius 3 is 2.87 bits per heavy atom. The van der Waals surface area contributed by atoms with Gasteiger partial charge in [0, 0.05) is 35.3 Å². The van der Waals surface area contributed by atoms with Crippen molar-refractivity contribution in [1.82, 2.24) is 0 Å². The SMILES string of the molecule is C=C(C)C(=O)O[C@H]1CC=C2Cc3occ(C)c3[C@@H](O)[C@]2(C)[C@H]1C. The molecule has 23 heavy (non-hydrogen) atoms. The summed E-state index contributed by atoms with van der Waals surface area (Å²) in [6.45, 7) is 11.4. The lowest BCUT2D eigenvalue weighted by Gasteiger charge is -2.49. The van der Waals surface area contributed by atoms with Crippen molar-refractivity contribution in [2.75, 3.05) is 0 Å². The molecular weight excluding hydrogens is 292 g/mol. The summed E-state index contributed by atoms with van der Waals surface area (Å²) in [5, 5.41) is 11.1. The molecule has 0 saturated carbocycles. The molecular formula is C19H24O4. The van der Waals surface area contributed by atoms with Crippen molar-refractivity contribution < 1.29 is 19.1 Å². The Morgan fingerprint density at radius 2 is 2.22 bits per heavy atom. The van der Waals surface area contributed by atoms with Crippen LogP contribution in [-0.4, -0.2) is 17.2 Å². The van der Waals surface area contributed by atoms with Gasteiger partial charge in [-0.05, 0) is 19.4 Å². The van der Waals surface area contributed by atoms with E-state index in [0.717, 1.165) is 16.9 Å². The highest BCUT2D eigenvalue weighted by atomic mass is 16.5. The summed E-state index contributed by atoms with van der Waals surface area (Å²) in [6, 6.07) is 0. The number of rotatable bonds is 2. The van der Waals surface area contributed by atoms with Crippen molar-refractivity contribution in [1.29, 1.82) is 0 Å². The summed E-state index contributed by atoms with van der Waals surface area (Å²) in [5.74, 6) is 0.485. The molecule has 0 bridgehead atoms. The van der Waals surface area contributed by atoms with Gasteiger partial charge in [0.05, 0.1) is 12.4 Å². The number of aliphatic hydroxyl groups excluding tert-OH is 1. The number of aryl methyl sites for hydroxylation is 1. The highest BCUT2D eigenvalue weighted by molar-refractivity contribution is 5.87. The molecule has 0 radical (unpaired) electrons. The molecule has 3 rings (SSSR count). The van der Waals surface area contributed by atoms with E-state index in [9.17, 15) is 9.90 Å². The van der Waals surface area contributed by atoms with Gasteiger partial charge in [0.15, 0.2) is 0 Å². The Labute approximate surface area is 136 Å². The van der Waals surface area contributed by atoms with Gasteiger partial charge < -0.3 is 14.3 Å². The normalized spacial score (nSPS) is 32.6. The molecule has 1 aromatic rings. The third-order valence-electron chi connectivity index (χ3n) is 5.69. The number of carbonyl (C=O) groups is 1. The molecule has 0 amide bonds. The second-order valence-electron chi connectivity index (χ2n) is 7.10. The van der Waals surface area contributed by atoms with Gasteiger partial charge in [-0.1, -0.05) is 32.1 Å². The standard InChI is InChI=1S/C19H24O4/c1-10(2)18(21)23-14-7-6-13-8-15-16(11(3)9-22-15)17(20)19(13,5)12(14)4/h6,9,12,14,17,20H,1,7-8H2,2-5H3/t12-,14-,17+,19+/m0/s1. The maximum atomic E-state index is 11.9. The predicted molar refractivity (Wildman–Crippen MR) is 86.8 cm³/mol. The van der Waals surface area contributed by atoms with Gasteiger partial charge in [-0.2, -0.15) is 0 Å². The third-order valence-corrected chi connectivity index (χ3v) is 5.69. The molecule has 2 aliphatic carbocycles. The van der Waals surface area contributed by atoms with Crippen molar-refractivity contribution in [2.45, 2.75) is 52.7 Å². The first kappa shape index (κ1) is 16.1. The zero-order chi connectivity index (χ0) is 16.9. The van der Waals surface area contributed by atoms with Crippen LogP contribution < -0.4 is 0 Å². The Bertz CT molecular complexity index is 696. The number of carbonyl (C=O) groups excluding carboxylic acids is 1. The molecule has 0 aliphatic heterocycles. The van der Waals surface area contributed by atoms with E-state index in [1.165, 1.54) is 5.57 Å². The largest absolute Gasteiger partial charge is 0.468 e. The first-order valence-corrected chi connectivity index (χ1v) is 8.07. The highest BCUT2D eigenvalue weighted by Crippen LogP contribution is 2.56. The van der Waals surface area contributed by atoms with Crippen LogP contribution in [0.25, 0.3) is 0 Å². The second-order valence-corrected chi connectivity index (χ2v) is 7.10. The summed E-state index contributed by atoms with van der Waals surface area (Å²) < 4.78 is 11.2. The number of aliphatic hydroxyl groups is 1. The first-order valence-electron chi connectivity index (χ1n) is 8.07. The summed E-state index contributed by atoms with van der Waals surface area (Å²) in [5.41, 5.74) is 2.97. The molecule has 2 aliphatic rings. The van der Waals surface area contributed by atoms with E-state index < -0.39 is 11.5 Å². The molecule has 1 aromatic heterocycles. The van der Waals surface area contributed by atoms with Crippen LogP contribution in [0.1, 0.15) is 50.2 Å². The lowest BCUT2D eigenvalue weighted by atomic mass is 9.58. The molecule has 0 fully saturated rings. The fourth-order valence-corrected chi connectivity index (χ4v) is 3.92. The number of hydrogen-bond acceptors (Lipinski definition) is 4. The monoisotopic (exact) mass is 316 g/mol. The quantitative estimate of drug-likeness (QED) is 0.514. The van der Waals surface area contributed by atoms with E-state index in [0.29, 0.717) is 18.4 Å². The van der Waals surface area contributed by atoms with Gasteiger partial charge in [0.1, 0.15) is 11.9 Å². The zero-order valence-electron chi connectivity index (χ0n) is 14.2. The molecule has 1 N–H and O–H groups in total. The average Bonchev–Trinajstić information content (AvgIpc) is 2.86. The van der Waals surface area contributed by atoms with Crippen molar-refractivity contribution in [2.24, 2.45) is 11.3 Å². The van der Waals surface area contributed by atoms with E-state index in [-0.39, 0.29) is 18.0 Å². The predicted octanol–water partition coefficient (Wildman–Crippen LogP) is 3.64. The summed E-state index contributed by atoms with van der Waals surface area (Å²) >= 11 is 0. The smallest absolute Gasteiger partial charge is 0.333 e. The van der Waals surface area contributed by atoms with E-state index in [4.69, 9.17) is 9.15 Å². The molecule has 1 heterocycles. The maximum Gasteiger partial charge on any atom is 0.333 e. The van der Waals surface area contributed by atoms with Crippen LogP contribution in [0, 0.1) is 18.3 Å². The van der Waals surface area contributed by atoms with Crippen molar-refractivity contribution >= 4 is 5.97 Å². The van der Waals surface area contributed by atoms with Crippen LogP contribution in [-0.2, 0) is 16.0 Å². The van der Waals surface area contributed by atoms with Gasteiger partial charge >= 0.3 is 5.97 Å². The fourth-order valence-electron chi connectivity index (χ4n) is 3.92. The molecule has 4 atom stereocenters. The Balaban J connectivity index is 1.97. The van der Waals surface area contributed by atoms with Crippen molar-refractivity contribution in [3.8, 4) is 0 Å². The highest BCUT2D eigenvalue weighted by Gasteiger charge is 2.52.